The molecule has 1 aromatic rings. The number of aromatic nitrogens is 2. The molecular weight excluding hydrogens is 190 g/mol. The highest BCUT2D eigenvalue weighted by Gasteiger charge is 2.20. The van der Waals surface area contributed by atoms with Crippen LogP contribution in [0.2, 0.25) is 0 Å². The maximum absolute atomic E-state index is 5.54. The van der Waals surface area contributed by atoms with Gasteiger partial charge < -0.3 is 10.1 Å². The first kappa shape index (κ1) is 10.2. The van der Waals surface area contributed by atoms with Crippen LogP contribution in [0.5, 0.6) is 5.75 Å². The van der Waals surface area contributed by atoms with E-state index in [0.717, 1.165) is 42.5 Å². The van der Waals surface area contributed by atoms with Gasteiger partial charge in [0.1, 0.15) is 5.82 Å². The van der Waals surface area contributed by atoms with E-state index in [1.807, 2.05) is 0 Å². The molecule has 1 aliphatic heterocycles. The standard InChI is InChI=1S/C11H17N3O/c1-4-9-13-8-5-6-15-10(8)11(14-9)12-7(2)3/h7H,4-6H2,1-3H3,(H,12,13,14). The first-order valence-electron chi connectivity index (χ1n) is 5.49. The summed E-state index contributed by atoms with van der Waals surface area (Å²) >= 11 is 0. The van der Waals surface area contributed by atoms with Gasteiger partial charge >= 0.3 is 0 Å². The number of fused-ring (bicyclic) bond motifs is 1. The molecule has 2 heterocycles. The molecular formula is C11H17N3O. The third-order valence-electron chi connectivity index (χ3n) is 2.31. The van der Waals surface area contributed by atoms with Crippen LogP contribution in [0.4, 0.5) is 5.82 Å². The average molecular weight is 207 g/mol. The van der Waals surface area contributed by atoms with E-state index < -0.39 is 0 Å². The number of aryl methyl sites for hydroxylation is 1. The molecule has 4 heteroatoms. The van der Waals surface area contributed by atoms with E-state index in [0.29, 0.717) is 6.04 Å². The molecule has 0 saturated heterocycles. The molecule has 82 valence electrons. The molecule has 15 heavy (non-hydrogen) atoms. The van der Waals surface area contributed by atoms with Crippen molar-refractivity contribution in [3.63, 3.8) is 0 Å². The molecule has 0 bridgehead atoms. The lowest BCUT2D eigenvalue weighted by Gasteiger charge is -2.13. The Morgan fingerprint density at radius 1 is 1.40 bits per heavy atom. The SMILES string of the molecule is CCc1nc2c(c(NC(C)C)n1)OCC2. The van der Waals surface area contributed by atoms with Gasteiger partial charge in [-0.05, 0) is 13.8 Å². The highest BCUT2D eigenvalue weighted by Crippen LogP contribution is 2.31. The number of ether oxygens (including phenoxy) is 1. The van der Waals surface area contributed by atoms with Crippen LogP contribution in [0.25, 0.3) is 0 Å². The second-order valence-electron chi connectivity index (χ2n) is 4.02. The Morgan fingerprint density at radius 3 is 2.87 bits per heavy atom. The predicted molar refractivity (Wildman–Crippen MR) is 59.4 cm³/mol. The highest BCUT2D eigenvalue weighted by molar-refractivity contribution is 5.54. The summed E-state index contributed by atoms with van der Waals surface area (Å²) in [6.07, 6.45) is 1.76. The van der Waals surface area contributed by atoms with Crippen LogP contribution in [0.3, 0.4) is 0 Å². The summed E-state index contributed by atoms with van der Waals surface area (Å²) < 4.78 is 5.54. The summed E-state index contributed by atoms with van der Waals surface area (Å²) in [5, 5.41) is 3.30. The number of hydrogen-bond donors (Lipinski definition) is 1. The van der Waals surface area contributed by atoms with Gasteiger partial charge in [0.2, 0.25) is 0 Å². The van der Waals surface area contributed by atoms with Crippen LogP contribution >= 0.6 is 0 Å². The lowest BCUT2D eigenvalue weighted by Crippen LogP contribution is -2.13. The lowest BCUT2D eigenvalue weighted by molar-refractivity contribution is 0.357. The second-order valence-corrected chi connectivity index (χ2v) is 4.02. The molecule has 0 saturated carbocycles. The van der Waals surface area contributed by atoms with Gasteiger partial charge in [0.15, 0.2) is 11.6 Å². The molecule has 1 aliphatic rings. The van der Waals surface area contributed by atoms with Gasteiger partial charge in [0.05, 0.1) is 12.3 Å². The number of nitrogens with zero attached hydrogens (tertiary/aromatic N) is 2. The fourth-order valence-corrected chi connectivity index (χ4v) is 1.65. The van der Waals surface area contributed by atoms with Gasteiger partial charge in [-0.1, -0.05) is 6.92 Å². The Bertz CT molecular complexity index is 363. The van der Waals surface area contributed by atoms with E-state index in [1.165, 1.54) is 0 Å². The van der Waals surface area contributed by atoms with Crippen LogP contribution in [0.1, 0.15) is 32.3 Å². The predicted octanol–water partition coefficient (Wildman–Crippen LogP) is 1.79. The zero-order valence-corrected chi connectivity index (χ0v) is 9.50. The number of anilines is 1. The summed E-state index contributed by atoms with van der Waals surface area (Å²) in [7, 11) is 0. The summed E-state index contributed by atoms with van der Waals surface area (Å²) in [6.45, 7) is 6.98. The Hall–Kier alpha value is -1.32. The number of hydrogen-bond acceptors (Lipinski definition) is 4. The smallest absolute Gasteiger partial charge is 0.183 e. The van der Waals surface area contributed by atoms with E-state index in [4.69, 9.17) is 4.74 Å². The maximum atomic E-state index is 5.54. The molecule has 4 nitrogen and oxygen atoms in total. The lowest BCUT2D eigenvalue weighted by atomic mass is 10.3. The monoisotopic (exact) mass is 207 g/mol. The first-order valence-corrected chi connectivity index (χ1v) is 5.49. The van der Waals surface area contributed by atoms with Crippen LogP contribution in [0, 0.1) is 0 Å². The normalized spacial score (nSPS) is 13.9. The van der Waals surface area contributed by atoms with Crippen molar-refractivity contribution in [3.8, 4) is 5.75 Å². The van der Waals surface area contributed by atoms with Crippen molar-refractivity contribution >= 4 is 5.82 Å². The van der Waals surface area contributed by atoms with Gasteiger partial charge in [0.25, 0.3) is 0 Å². The topological polar surface area (TPSA) is 47.0 Å². The van der Waals surface area contributed by atoms with E-state index in [9.17, 15) is 0 Å². The van der Waals surface area contributed by atoms with Gasteiger partial charge in [-0.25, -0.2) is 9.97 Å². The molecule has 0 fully saturated rings. The van der Waals surface area contributed by atoms with E-state index >= 15 is 0 Å². The minimum absolute atomic E-state index is 0.359. The summed E-state index contributed by atoms with van der Waals surface area (Å²) in [5.74, 6) is 2.59. The Labute approximate surface area is 90.1 Å². The van der Waals surface area contributed by atoms with Crippen LogP contribution in [0.15, 0.2) is 0 Å². The minimum atomic E-state index is 0.359. The van der Waals surface area contributed by atoms with Crippen LogP contribution in [-0.4, -0.2) is 22.6 Å². The molecule has 0 radical (unpaired) electrons. The van der Waals surface area contributed by atoms with Crippen LogP contribution < -0.4 is 10.1 Å². The summed E-state index contributed by atoms with van der Waals surface area (Å²) in [5.41, 5.74) is 1.05. The van der Waals surface area contributed by atoms with E-state index in [1.54, 1.807) is 0 Å². The largest absolute Gasteiger partial charge is 0.487 e. The Morgan fingerprint density at radius 2 is 2.20 bits per heavy atom. The highest BCUT2D eigenvalue weighted by atomic mass is 16.5. The van der Waals surface area contributed by atoms with Crippen molar-refractivity contribution in [3.05, 3.63) is 11.5 Å². The third-order valence-corrected chi connectivity index (χ3v) is 2.31. The van der Waals surface area contributed by atoms with E-state index in [2.05, 4.69) is 36.1 Å². The van der Waals surface area contributed by atoms with Gasteiger partial charge in [-0.3, -0.25) is 0 Å². The number of rotatable bonds is 3. The van der Waals surface area contributed by atoms with Crippen molar-refractivity contribution in [1.82, 2.24) is 9.97 Å². The molecule has 0 atom stereocenters. The molecule has 0 unspecified atom stereocenters. The molecule has 1 N–H and O–H groups in total. The molecule has 1 aromatic heterocycles. The van der Waals surface area contributed by atoms with Crippen molar-refractivity contribution in [2.45, 2.75) is 39.7 Å². The summed E-state index contributed by atoms with van der Waals surface area (Å²) in [4.78, 5) is 8.92. The van der Waals surface area contributed by atoms with Gasteiger partial charge in [-0.15, -0.1) is 0 Å². The molecule has 0 amide bonds. The maximum Gasteiger partial charge on any atom is 0.183 e. The molecule has 0 spiro atoms. The molecule has 2 rings (SSSR count). The van der Waals surface area contributed by atoms with Crippen molar-refractivity contribution in [1.29, 1.82) is 0 Å². The van der Waals surface area contributed by atoms with Crippen LogP contribution in [-0.2, 0) is 12.8 Å². The zero-order chi connectivity index (χ0) is 10.8. The zero-order valence-electron chi connectivity index (χ0n) is 9.50. The third kappa shape index (κ3) is 2.03. The Balaban J connectivity index is 2.38. The van der Waals surface area contributed by atoms with Crippen molar-refractivity contribution in [2.75, 3.05) is 11.9 Å². The van der Waals surface area contributed by atoms with Crippen molar-refractivity contribution < 1.29 is 4.74 Å². The van der Waals surface area contributed by atoms with Crippen molar-refractivity contribution in [2.24, 2.45) is 0 Å². The average Bonchev–Trinajstić information content (AvgIpc) is 2.64. The molecule has 0 aliphatic carbocycles. The fourth-order valence-electron chi connectivity index (χ4n) is 1.65. The minimum Gasteiger partial charge on any atom is -0.487 e. The quantitative estimate of drug-likeness (QED) is 0.821. The first-order chi connectivity index (χ1) is 7.20. The summed E-state index contributed by atoms with van der Waals surface area (Å²) in [6, 6.07) is 0.359. The fraction of sp³-hybridized carbons (Fsp3) is 0.636. The van der Waals surface area contributed by atoms with Gasteiger partial charge in [0, 0.05) is 18.9 Å². The molecule has 0 aromatic carbocycles. The van der Waals surface area contributed by atoms with E-state index in [-0.39, 0.29) is 0 Å². The van der Waals surface area contributed by atoms with Gasteiger partial charge in [-0.2, -0.15) is 0 Å². The Kier molecular flexibility index (Phi) is 2.75. The second kappa shape index (κ2) is 4.04. The number of nitrogens with one attached hydrogen (secondary N) is 1.